The van der Waals surface area contributed by atoms with Crippen LogP contribution in [0, 0.1) is 0 Å². The van der Waals surface area contributed by atoms with Gasteiger partial charge in [0.1, 0.15) is 9.47 Å². The number of carbonyl (C=O) groups excluding carboxylic acids is 1. The highest BCUT2D eigenvalue weighted by Gasteiger charge is 2.00. The molecule has 14 heavy (non-hydrogen) atoms. The zero-order valence-corrected chi connectivity index (χ0v) is 9.66. The topological polar surface area (TPSA) is 26.3 Å². The van der Waals surface area contributed by atoms with E-state index in [1.165, 1.54) is 23.5 Å². The second-order valence-corrected chi connectivity index (χ2v) is 5.39. The molecule has 2 nitrogen and oxygen atoms in total. The highest BCUT2D eigenvalue weighted by atomic mass is 32.2. The van der Waals surface area contributed by atoms with Crippen LogP contribution in [0.5, 0.6) is 0 Å². The van der Waals surface area contributed by atoms with Crippen LogP contribution in [0.3, 0.4) is 0 Å². The minimum atomic E-state index is 0.280. The van der Waals surface area contributed by atoms with Crippen molar-refractivity contribution in [2.24, 2.45) is 0 Å². The standard InChI is InChI=1S/C9H8O2S3/c10-6-11-7-13-9(12)14-8-4-2-1-3-5-8/h1-6H,7H2. The fourth-order valence-corrected chi connectivity index (χ4v) is 2.53. The second kappa shape index (κ2) is 6.86. The van der Waals surface area contributed by atoms with Gasteiger partial charge >= 0.3 is 0 Å². The van der Waals surface area contributed by atoms with Crippen molar-refractivity contribution < 1.29 is 9.53 Å². The highest BCUT2D eigenvalue weighted by molar-refractivity contribution is 8.47. The Morgan fingerprint density at radius 2 is 2.14 bits per heavy atom. The van der Waals surface area contributed by atoms with Crippen molar-refractivity contribution in [3.63, 3.8) is 0 Å². The molecule has 0 aliphatic carbocycles. The Kier molecular flexibility index (Phi) is 5.66. The summed E-state index contributed by atoms with van der Waals surface area (Å²) in [6.45, 7) is 0.419. The van der Waals surface area contributed by atoms with E-state index < -0.39 is 0 Å². The zero-order chi connectivity index (χ0) is 10.2. The number of ether oxygens (including phenoxy) is 1. The van der Waals surface area contributed by atoms with Crippen LogP contribution in [0.2, 0.25) is 0 Å². The smallest absolute Gasteiger partial charge is 0.293 e. The van der Waals surface area contributed by atoms with Gasteiger partial charge < -0.3 is 4.74 Å². The van der Waals surface area contributed by atoms with Crippen molar-refractivity contribution in [3.8, 4) is 0 Å². The van der Waals surface area contributed by atoms with Gasteiger partial charge in [0.05, 0.1) is 0 Å². The summed E-state index contributed by atoms with van der Waals surface area (Å²) in [7, 11) is 0. The molecule has 0 aromatic heterocycles. The Bertz CT molecular complexity index is 300. The molecule has 74 valence electrons. The molecule has 0 aliphatic rings. The molecule has 0 aliphatic heterocycles. The maximum atomic E-state index is 9.86. The summed E-state index contributed by atoms with van der Waals surface area (Å²) in [4.78, 5) is 11.0. The first-order valence-electron chi connectivity index (χ1n) is 3.78. The van der Waals surface area contributed by atoms with Crippen LogP contribution >= 0.6 is 35.7 Å². The molecule has 0 unspecified atom stereocenters. The zero-order valence-electron chi connectivity index (χ0n) is 7.21. The molecule has 0 radical (unpaired) electrons. The van der Waals surface area contributed by atoms with Crippen LogP contribution in [0.25, 0.3) is 0 Å². The summed E-state index contributed by atoms with van der Waals surface area (Å²) < 4.78 is 5.27. The molecule has 0 heterocycles. The Morgan fingerprint density at radius 1 is 1.43 bits per heavy atom. The summed E-state index contributed by atoms with van der Waals surface area (Å²) in [5, 5.41) is 0. The molecule has 0 saturated carbocycles. The molecule has 0 atom stereocenters. The molecule has 1 aromatic rings. The first kappa shape index (κ1) is 11.6. The maximum absolute atomic E-state index is 9.86. The van der Waals surface area contributed by atoms with Crippen molar-refractivity contribution in [2.45, 2.75) is 4.90 Å². The maximum Gasteiger partial charge on any atom is 0.293 e. The van der Waals surface area contributed by atoms with Crippen molar-refractivity contribution in [1.29, 1.82) is 0 Å². The third kappa shape index (κ3) is 4.64. The van der Waals surface area contributed by atoms with Crippen molar-refractivity contribution in [2.75, 3.05) is 5.94 Å². The van der Waals surface area contributed by atoms with E-state index in [0.717, 1.165) is 8.42 Å². The van der Waals surface area contributed by atoms with Crippen LogP contribution in [0.1, 0.15) is 0 Å². The summed E-state index contributed by atoms with van der Waals surface area (Å²) in [6, 6.07) is 9.83. The van der Waals surface area contributed by atoms with E-state index in [1.54, 1.807) is 0 Å². The number of benzene rings is 1. The van der Waals surface area contributed by atoms with Gasteiger partial charge in [-0.1, -0.05) is 53.9 Å². The van der Waals surface area contributed by atoms with Crippen molar-refractivity contribution in [1.82, 2.24) is 0 Å². The number of carbonyl (C=O) groups is 1. The van der Waals surface area contributed by atoms with Gasteiger partial charge in [-0.25, -0.2) is 0 Å². The molecule has 5 heteroatoms. The first-order valence-corrected chi connectivity index (χ1v) is 5.99. The van der Waals surface area contributed by atoms with Gasteiger partial charge in [0.15, 0.2) is 0 Å². The van der Waals surface area contributed by atoms with E-state index in [2.05, 4.69) is 4.74 Å². The van der Waals surface area contributed by atoms with E-state index >= 15 is 0 Å². The third-order valence-electron chi connectivity index (χ3n) is 1.26. The molecular formula is C9H8O2S3. The van der Waals surface area contributed by atoms with Gasteiger partial charge in [0.2, 0.25) is 0 Å². The predicted octanol–water partition coefficient (Wildman–Crippen LogP) is 2.93. The molecule has 0 amide bonds. The molecule has 1 aromatic carbocycles. The van der Waals surface area contributed by atoms with E-state index in [0.29, 0.717) is 6.47 Å². The van der Waals surface area contributed by atoms with E-state index in [4.69, 9.17) is 12.2 Å². The van der Waals surface area contributed by atoms with Crippen molar-refractivity contribution in [3.05, 3.63) is 30.3 Å². The summed E-state index contributed by atoms with van der Waals surface area (Å²) in [5.74, 6) is 0.280. The molecule has 0 bridgehead atoms. The molecular weight excluding hydrogens is 236 g/mol. The SMILES string of the molecule is O=COCSC(=S)Sc1ccccc1. The number of hydrogen-bond donors (Lipinski definition) is 0. The average Bonchev–Trinajstić information content (AvgIpc) is 2.20. The molecule has 0 fully saturated rings. The van der Waals surface area contributed by atoms with Gasteiger partial charge in [-0.2, -0.15) is 0 Å². The normalized spacial score (nSPS) is 9.43. The van der Waals surface area contributed by atoms with Crippen LogP contribution in [0.4, 0.5) is 0 Å². The van der Waals surface area contributed by atoms with E-state index in [1.807, 2.05) is 30.3 Å². The number of thiocarbonyl (C=S) groups is 1. The average molecular weight is 244 g/mol. The van der Waals surface area contributed by atoms with Crippen LogP contribution in [-0.2, 0) is 9.53 Å². The third-order valence-corrected chi connectivity index (χ3v) is 3.63. The summed E-state index contributed by atoms with van der Waals surface area (Å²) in [5.41, 5.74) is 0. The predicted molar refractivity (Wildman–Crippen MR) is 64.5 cm³/mol. The van der Waals surface area contributed by atoms with Gasteiger partial charge in [-0.3, -0.25) is 4.79 Å². The summed E-state index contributed by atoms with van der Waals surface area (Å²) in [6.07, 6.45) is 0. The largest absolute Gasteiger partial charge is 0.456 e. The lowest BCUT2D eigenvalue weighted by atomic mass is 10.4. The lowest BCUT2D eigenvalue weighted by Crippen LogP contribution is -1.89. The van der Waals surface area contributed by atoms with Crippen molar-refractivity contribution >= 4 is 45.7 Å². The van der Waals surface area contributed by atoms with E-state index in [-0.39, 0.29) is 5.94 Å². The summed E-state index contributed by atoms with van der Waals surface area (Å²) >= 11 is 7.91. The lowest BCUT2D eigenvalue weighted by Gasteiger charge is -2.01. The Labute approximate surface area is 96.4 Å². The van der Waals surface area contributed by atoms with Gasteiger partial charge in [-0.05, 0) is 12.1 Å². The van der Waals surface area contributed by atoms with Crippen LogP contribution in [0.15, 0.2) is 35.2 Å². The Morgan fingerprint density at radius 3 is 2.79 bits per heavy atom. The lowest BCUT2D eigenvalue weighted by molar-refractivity contribution is -0.126. The highest BCUT2D eigenvalue weighted by Crippen LogP contribution is 2.25. The first-order chi connectivity index (χ1) is 6.83. The van der Waals surface area contributed by atoms with Crippen LogP contribution in [-0.4, -0.2) is 15.9 Å². The monoisotopic (exact) mass is 244 g/mol. The molecule has 0 spiro atoms. The fraction of sp³-hybridized carbons (Fsp3) is 0.111. The molecule has 1 rings (SSSR count). The minimum Gasteiger partial charge on any atom is -0.456 e. The van der Waals surface area contributed by atoms with Gasteiger partial charge in [-0.15, -0.1) is 0 Å². The Balaban J connectivity index is 2.31. The molecule has 0 saturated heterocycles. The van der Waals surface area contributed by atoms with Gasteiger partial charge in [0, 0.05) is 4.90 Å². The number of thioether (sulfide) groups is 2. The van der Waals surface area contributed by atoms with E-state index in [9.17, 15) is 4.79 Å². The van der Waals surface area contributed by atoms with Crippen LogP contribution < -0.4 is 0 Å². The minimum absolute atomic E-state index is 0.280. The molecule has 0 N–H and O–H groups in total. The quantitative estimate of drug-likeness (QED) is 0.267. The second-order valence-electron chi connectivity index (χ2n) is 2.19. The fourth-order valence-electron chi connectivity index (χ4n) is 0.724. The Hall–Kier alpha value is -0.520. The number of rotatable bonds is 4. The van der Waals surface area contributed by atoms with Gasteiger partial charge in [0.25, 0.3) is 6.47 Å². The number of hydrogen-bond acceptors (Lipinski definition) is 5.